The van der Waals surface area contributed by atoms with E-state index in [4.69, 9.17) is 39.5 Å². The van der Waals surface area contributed by atoms with E-state index >= 15 is 0 Å². The molecule has 1 aromatic rings. The van der Waals surface area contributed by atoms with Gasteiger partial charge in [0, 0.05) is 6.54 Å². The van der Waals surface area contributed by atoms with Crippen LogP contribution in [0.25, 0.3) is 0 Å². The highest BCUT2D eigenvalue weighted by atomic mass is 35.5. The Morgan fingerprint density at radius 1 is 1.18 bits per heavy atom. The first kappa shape index (κ1) is 13.2. The van der Waals surface area contributed by atoms with Crippen molar-refractivity contribution in [2.75, 3.05) is 26.2 Å². The minimum atomic E-state index is 0.215. The van der Waals surface area contributed by atoms with Crippen molar-refractivity contribution >= 4 is 34.8 Å². The van der Waals surface area contributed by atoms with Gasteiger partial charge >= 0.3 is 0 Å². The van der Waals surface area contributed by atoms with Gasteiger partial charge in [-0.3, -0.25) is 4.90 Å². The van der Waals surface area contributed by atoms with Crippen LogP contribution in [-0.2, 0) is 0 Å². The second kappa shape index (κ2) is 6.10. The number of rotatable bonds is 4. The summed E-state index contributed by atoms with van der Waals surface area (Å²) in [4.78, 5) is 6.35. The molecular weight excluding hydrogens is 282 g/mol. The van der Waals surface area contributed by atoms with E-state index in [9.17, 15) is 0 Å². The number of halogens is 3. The lowest BCUT2D eigenvalue weighted by Gasteiger charge is -2.15. The number of nitrogens with zero attached hydrogens (tertiary/aromatic N) is 2. The molecule has 0 saturated carbocycles. The van der Waals surface area contributed by atoms with Crippen LogP contribution in [0, 0.1) is 0 Å². The third-order valence-corrected chi connectivity index (χ3v) is 3.64. The molecule has 0 aliphatic carbocycles. The summed E-state index contributed by atoms with van der Waals surface area (Å²) in [5, 5.41) is 0.941. The maximum absolute atomic E-state index is 5.95. The zero-order chi connectivity index (χ0) is 12.3. The van der Waals surface area contributed by atoms with E-state index in [2.05, 4.69) is 9.88 Å². The monoisotopic (exact) mass is 294 g/mol. The predicted octanol–water partition coefficient (Wildman–Crippen LogP) is 3.52. The van der Waals surface area contributed by atoms with Crippen molar-refractivity contribution in [2.24, 2.45) is 0 Å². The Morgan fingerprint density at radius 2 is 1.88 bits per heavy atom. The van der Waals surface area contributed by atoms with Crippen molar-refractivity contribution in [1.82, 2.24) is 9.88 Å². The first-order chi connectivity index (χ1) is 8.16. The van der Waals surface area contributed by atoms with Gasteiger partial charge in [-0.25, -0.2) is 0 Å². The van der Waals surface area contributed by atoms with E-state index < -0.39 is 0 Å². The van der Waals surface area contributed by atoms with Crippen molar-refractivity contribution in [3.8, 4) is 5.88 Å². The molecule has 0 aromatic carbocycles. The smallest absolute Gasteiger partial charge is 0.234 e. The van der Waals surface area contributed by atoms with E-state index in [1.807, 2.05) is 0 Å². The standard InChI is InChI=1S/C11H13Cl3N2O/c12-8-7-9(13)11(15-10(8)14)17-6-5-16-3-1-2-4-16/h7H,1-6H2. The molecule has 2 heterocycles. The number of ether oxygens (including phenoxy) is 1. The van der Waals surface area contributed by atoms with Crippen molar-refractivity contribution in [1.29, 1.82) is 0 Å². The number of aromatic nitrogens is 1. The lowest BCUT2D eigenvalue weighted by atomic mass is 10.4. The van der Waals surface area contributed by atoms with Gasteiger partial charge in [0.2, 0.25) is 5.88 Å². The number of pyridine rings is 1. The van der Waals surface area contributed by atoms with Crippen LogP contribution in [0.1, 0.15) is 12.8 Å². The quantitative estimate of drug-likeness (QED) is 0.795. The molecule has 1 fully saturated rings. The van der Waals surface area contributed by atoms with Crippen molar-refractivity contribution < 1.29 is 4.74 Å². The van der Waals surface area contributed by atoms with Crippen LogP contribution in [0.5, 0.6) is 5.88 Å². The van der Waals surface area contributed by atoms with Gasteiger partial charge in [0.15, 0.2) is 5.15 Å². The molecular formula is C11H13Cl3N2O. The summed E-state index contributed by atoms with van der Waals surface area (Å²) < 4.78 is 5.51. The van der Waals surface area contributed by atoms with Gasteiger partial charge in [-0.2, -0.15) is 4.98 Å². The molecule has 1 saturated heterocycles. The van der Waals surface area contributed by atoms with Gasteiger partial charge in [0.25, 0.3) is 0 Å². The number of likely N-dealkylation sites (tertiary alicyclic amines) is 1. The Kier molecular flexibility index (Phi) is 4.74. The fourth-order valence-electron chi connectivity index (χ4n) is 1.81. The Hall–Kier alpha value is -0.220. The highest BCUT2D eigenvalue weighted by Gasteiger charge is 2.12. The normalized spacial score (nSPS) is 16.4. The summed E-state index contributed by atoms with van der Waals surface area (Å²) >= 11 is 17.5. The van der Waals surface area contributed by atoms with E-state index in [-0.39, 0.29) is 5.15 Å². The molecule has 17 heavy (non-hydrogen) atoms. The topological polar surface area (TPSA) is 25.4 Å². The molecule has 6 heteroatoms. The summed E-state index contributed by atoms with van der Waals surface area (Å²) in [6, 6.07) is 1.55. The Morgan fingerprint density at radius 3 is 2.59 bits per heavy atom. The van der Waals surface area contributed by atoms with Crippen LogP contribution in [0.4, 0.5) is 0 Å². The molecule has 0 spiro atoms. The van der Waals surface area contributed by atoms with Crippen LogP contribution in [0.3, 0.4) is 0 Å². The lowest BCUT2D eigenvalue weighted by molar-refractivity contribution is 0.232. The van der Waals surface area contributed by atoms with Crippen molar-refractivity contribution in [2.45, 2.75) is 12.8 Å². The third-order valence-electron chi connectivity index (χ3n) is 2.70. The van der Waals surface area contributed by atoms with Gasteiger partial charge in [0.1, 0.15) is 11.6 Å². The molecule has 1 aliphatic heterocycles. The number of hydrogen-bond acceptors (Lipinski definition) is 3. The van der Waals surface area contributed by atoms with Gasteiger partial charge < -0.3 is 4.74 Å². The van der Waals surface area contributed by atoms with E-state index in [1.165, 1.54) is 12.8 Å². The third kappa shape index (κ3) is 3.62. The molecule has 3 nitrogen and oxygen atoms in total. The van der Waals surface area contributed by atoms with E-state index in [0.29, 0.717) is 22.5 Å². The highest BCUT2D eigenvalue weighted by Crippen LogP contribution is 2.30. The van der Waals surface area contributed by atoms with Gasteiger partial charge in [0.05, 0.1) is 5.02 Å². The Bertz CT molecular complexity index is 395. The first-order valence-corrected chi connectivity index (χ1v) is 6.67. The summed E-state index contributed by atoms with van der Waals surface area (Å²) in [6.07, 6.45) is 2.54. The van der Waals surface area contributed by atoms with Crippen LogP contribution >= 0.6 is 34.8 Å². The van der Waals surface area contributed by atoms with Gasteiger partial charge in [-0.15, -0.1) is 0 Å². The average Bonchev–Trinajstić information content (AvgIpc) is 2.78. The van der Waals surface area contributed by atoms with Crippen molar-refractivity contribution in [3.05, 3.63) is 21.3 Å². The molecule has 1 aliphatic rings. The lowest BCUT2D eigenvalue weighted by Crippen LogP contribution is -2.25. The first-order valence-electron chi connectivity index (χ1n) is 5.53. The van der Waals surface area contributed by atoms with E-state index in [1.54, 1.807) is 6.07 Å². The van der Waals surface area contributed by atoms with Gasteiger partial charge in [-0.05, 0) is 32.0 Å². The molecule has 0 atom stereocenters. The zero-order valence-electron chi connectivity index (χ0n) is 9.26. The van der Waals surface area contributed by atoms with Crippen LogP contribution in [0.2, 0.25) is 15.2 Å². The molecule has 0 bridgehead atoms. The summed E-state index contributed by atoms with van der Waals surface area (Å²) in [7, 11) is 0. The minimum absolute atomic E-state index is 0.215. The zero-order valence-corrected chi connectivity index (χ0v) is 11.5. The maximum Gasteiger partial charge on any atom is 0.234 e. The largest absolute Gasteiger partial charge is 0.475 e. The average molecular weight is 296 g/mol. The van der Waals surface area contributed by atoms with E-state index in [0.717, 1.165) is 19.6 Å². The predicted molar refractivity (Wildman–Crippen MR) is 70.4 cm³/mol. The molecule has 0 unspecified atom stereocenters. The fourth-order valence-corrected chi connectivity index (χ4v) is 2.35. The molecule has 94 valence electrons. The summed E-state index contributed by atoms with van der Waals surface area (Å²) in [5.74, 6) is 0.347. The minimum Gasteiger partial charge on any atom is -0.475 e. The van der Waals surface area contributed by atoms with Crippen LogP contribution in [0.15, 0.2) is 6.07 Å². The molecule has 0 radical (unpaired) electrons. The Labute approximate surface area is 116 Å². The van der Waals surface area contributed by atoms with Crippen LogP contribution < -0.4 is 4.74 Å². The molecule has 1 aromatic heterocycles. The molecule has 2 rings (SSSR count). The number of hydrogen-bond donors (Lipinski definition) is 0. The SMILES string of the molecule is Clc1cc(Cl)c(OCCN2CCCC2)nc1Cl. The van der Waals surface area contributed by atoms with Gasteiger partial charge in [-0.1, -0.05) is 34.8 Å². The summed E-state index contributed by atoms with van der Waals surface area (Å²) in [5.41, 5.74) is 0. The molecule has 0 amide bonds. The van der Waals surface area contributed by atoms with Crippen LogP contribution in [-0.4, -0.2) is 36.1 Å². The maximum atomic E-state index is 5.95. The second-order valence-electron chi connectivity index (χ2n) is 3.95. The summed E-state index contributed by atoms with van der Waals surface area (Å²) in [6.45, 7) is 3.74. The second-order valence-corrected chi connectivity index (χ2v) is 5.12. The Balaban J connectivity index is 1.87. The highest BCUT2D eigenvalue weighted by molar-refractivity contribution is 6.42. The van der Waals surface area contributed by atoms with Crippen molar-refractivity contribution in [3.63, 3.8) is 0 Å². The fraction of sp³-hybridized carbons (Fsp3) is 0.545. The molecule has 0 N–H and O–H groups in total.